The molecule has 2 fully saturated rings. The molecule has 1 spiro atoms. The Labute approximate surface area is 81.5 Å². The van der Waals surface area contributed by atoms with Gasteiger partial charge in [-0.15, -0.1) is 0 Å². The Morgan fingerprint density at radius 1 is 1.23 bits per heavy atom. The van der Waals surface area contributed by atoms with Crippen LogP contribution < -0.4 is 0 Å². The Hall–Kier alpha value is -0.0400. The van der Waals surface area contributed by atoms with Gasteiger partial charge in [-0.25, -0.2) is 0 Å². The second-order valence-corrected chi connectivity index (χ2v) is 5.96. The largest absolute Gasteiger partial charge is 0.396 e. The highest BCUT2D eigenvalue weighted by Gasteiger charge is 2.56. The van der Waals surface area contributed by atoms with E-state index in [0.717, 1.165) is 5.92 Å². The summed E-state index contributed by atoms with van der Waals surface area (Å²) in [7, 11) is 0. The van der Waals surface area contributed by atoms with Crippen molar-refractivity contribution >= 4 is 0 Å². The molecule has 76 valence electrons. The average molecular weight is 182 g/mol. The third kappa shape index (κ3) is 1.52. The number of hydrogen-bond donors (Lipinski definition) is 1. The van der Waals surface area contributed by atoms with Gasteiger partial charge in [0.2, 0.25) is 0 Å². The zero-order valence-corrected chi connectivity index (χ0v) is 8.97. The van der Waals surface area contributed by atoms with E-state index in [2.05, 4.69) is 13.8 Å². The van der Waals surface area contributed by atoms with Crippen molar-refractivity contribution in [2.24, 2.45) is 16.7 Å². The van der Waals surface area contributed by atoms with Crippen molar-refractivity contribution < 1.29 is 5.11 Å². The highest BCUT2D eigenvalue weighted by molar-refractivity contribution is 5.06. The van der Waals surface area contributed by atoms with Crippen molar-refractivity contribution in [1.29, 1.82) is 0 Å². The van der Waals surface area contributed by atoms with Crippen LogP contribution in [-0.4, -0.2) is 11.7 Å². The summed E-state index contributed by atoms with van der Waals surface area (Å²) in [4.78, 5) is 0. The molecule has 0 aromatic carbocycles. The Bertz CT molecular complexity index is 183. The fourth-order valence-corrected chi connectivity index (χ4v) is 3.76. The van der Waals surface area contributed by atoms with Crippen LogP contribution in [0.2, 0.25) is 0 Å². The molecule has 13 heavy (non-hydrogen) atoms. The second-order valence-electron chi connectivity index (χ2n) is 5.96. The van der Waals surface area contributed by atoms with E-state index in [1.54, 1.807) is 0 Å². The van der Waals surface area contributed by atoms with E-state index in [1.165, 1.54) is 38.5 Å². The van der Waals surface area contributed by atoms with E-state index < -0.39 is 0 Å². The summed E-state index contributed by atoms with van der Waals surface area (Å²) < 4.78 is 0. The fraction of sp³-hybridized carbons (Fsp3) is 1.00. The number of hydrogen-bond acceptors (Lipinski definition) is 1. The Balaban J connectivity index is 1.90. The summed E-state index contributed by atoms with van der Waals surface area (Å²) in [6.45, 7) is 4.96. The van der Waals surface area contributed by atoms with Crippen molar-refractivity contribution in [2.75, 3.05) is 6.61 Å². The van der Waals surface area contributed by atoms with Gasteiger partial charge in [-0.1, -0.05) is 20.3 Å². The molecule has 0 heterocycles. The summed E-state index contributed by atoms with van der Waals surface area (Å²) in [6.07, 6.45) is 8.16. The molecule has 0 aliphatic heterocycles. The molecule has 2 rings (SSSR count). The maximum Gasteiger partial charge on any atom is 0.0487 e. The lowest BCUT2D eigenvalue weighted by Crippen LogP contribution is -2.52. The smallest absolute Gasteiger partial charge is 0.0487 e. The van der Waals surface area contributed by atoms with Gasteiger partial charge in [-0.05, 0) is 48.9 Å². The molecule has 2 saturated carbocycles. The lowest BCUT2D eigenvalue weighted by atomic mass is 9.44. The molecule has 1 heteroatoms. The molecule has 0 saturated heterocycles. The van der Waals surface area contributed by atoms with Gasteiger partial charge in [0, 0.05) is 6.61 Å². The van der Waals surface area contributed by atoms with Crippen LogP contribution in [0.1, 0.15) is 52.4 Å². The van der Waals surface area contributed by atoms with E-state index in [1.807, 2.05) is 0 Å². The van der Waals surface area contributed by atoms with Crippen LogP contribution in [0.15, 0.2) is 0 Å². The molecule has 0 aromatic rings. The van der Waals surface area contributed by atoms with Gasteiger partial charge in [-0.2, -0.15) is 0 Å². The predicted octanol–water partition coefficient (Wildman–Crippen LogP) is 2.98. The van der Waals surface area contributed by atoms with Crippen molar-refractivity contribution in [3.05, 3.63) is 0 Å². The summed E-state index contributed by atoms with van der Waals surface area (Å²) in [6, 6.07) is 0. The van der Waals surface area contributed by atoms with E-state index in [0.29, 0.717) is 17.4 Å². The number of aliphatic hydroxyl groups excluding tert-OH is 1. The summed E-state index contributed by atoms with van der Waals surface area (Å²) in [5, 5.41) is 9.44. The van der Waals surface area contributed by atoms with Crippen LogP contribution >= 0.6 is 0 Å². The standard InChI is InChI=1S/C12H22O/c1-10(2)6-12(9-13)7-11(8-12)4-3-5-11/h10,13H,3-9H2,1-2H3. The van der Waals surface area contributed by atoms with Crippen LogP contribution in [0, 0.1) is 16.7 Å². The van der Waals surface area contributed by atoms with Gasteiger partial charge < -0.3 is 5.11 Å². The summed E-state index contributed by atoms with van der Waals surface area (Å²) in [5.74, 6) is 0.740. The number of rotatable bonds is 3. The maximum absolute atomic E-state index is 9.44. The van der Waals surface area contributed by atoms with Crippen LogP contribution in [0.5, 0.6) is 0 Å². The van der Waals surface area contributed by atoms with Gasteiger partial charge >= 0.3 is 0 Å². The molecule has 0 unspecified atom stereocenters. The topological polar surface area (TPSA) is 20.2 Å². The molecule has 1 nitrogen and oxygen atoms in total. The van der Waals surface area contributed by atoms with Gasteiger partial charge in [-0.3, -0.25) is 0 Å². The van der Waals surface area contributed by atoms with Crippen LogP contribution in [0.4, 0.5) is 0 Å². The van der Waals surface area contributed by atoms with Gasteiger partial charge in [0.1, 0.15) is 0 Å². The SMILES string of the molecule is CC(C)CC1(CO)CC2(CCC2)C1. The highest BCUT2D eigenvalue weighted by atomic mass is 16.3. The highest BCUT2D eigenvalue weighted by Crippen LogP contribution is 2.65. The molecule has 2 aliphatic carbocycles. The normalized spacial score (nSPS) is 28.6. The van der Waals surface area contributed by atoms with E-state index >= 15 is 0 Å². The molecule has 2 aliphatic rings. The van der Waals surface area contributed by atoms with Gasteiger partial charge in [0.15, 0.2) is 0 Å². The van der Waals surface area contributed by atoms with Crippen LogP contribution in [-0.2, 0) is 0 Å². The Morgan fingerprint density at radius 2 is 1.85 bits per heavy atom. The van der Waals surface area contributed by atoms with Crippen molar-refractivity contribution in [3.63, 3.8) is 0 Å². The minimum atomic E-state index is 0.328. The van der Waals surface area contributed by atoms with Crippen LogP contribution in [0.3, 0.4) is 0 Å². The Kier molecular flexibility index (Phi) is 2.18. The zero-order chi connectivity index (χ0) is 9.53. The van der Waals surface area contributed by atoms with Crippen molar-refractivity contribution in [2.45, 2.75) is 52.4 Å². The molecule has 0 bridgehead atoms. The first-order valence-electron chi connectivity index (χ1n) is 5.71. The molecule has 0 amide bonds. The molecule has 0 aromatic heterocycles. The molecule has 1 N–H and O–H groups in total. The van der Waals surface area contributed by atoms with E-state index in [9.17, 15) is 5.11 Å². The molecular formula is C12H22O. The fourth-order valence-electron chi connectivity index (χ4n) is 3.76. The van der Waals surface area contributed by atoms with E-state index in [-0.39, 0.29) is 0 Å². The first-order valence-corrected chi connectivity index (χ1v) is 5.71. The third-order valence-electron chi connectivity index (χ3n) is 4.09. The van der Waals surface area contributed by atoms with Crippen molar-refractivity contribution in [1.82, 2.24) is 0 Å². The average Bonchev–Trinajstić information content (AvgIpc) is 1.91. The summed E-state index contributed by atoms with van der Waals surface area (Å²) in [5.41, 5.74) is 1.03. The maximum atomic E-state index is 9.44. The zero-order valence-electron chi connectivity index (χ0n) is 8.97. The molecular weight excluding hydrogens is 160 g/mol. The molecule has 0 atom stereocenters. The summed E-state index contributed by atoms with van der Waals surface area (Å²) >= 11 is 0. The quantitative estimate of drug-likeness (QED) is 0.711. The molecule has 0 radical (unpaired) electrons. The second kappa shape index (κ2) is 2.98. The van der Waals surface area contributed by atoms with Gasteiger partial charge in [0.25, 0.3) is 0 Å². The predicted molar refractivity (Wildman–Crippen MR) is 54.5 cm³/mol. The van der Waals surface area contributed by atoms with E-state index in [4.69, 9.17) is 0 Å². The minimum Gasteiger partial charge on any atom is -0.396 e. The monoisotopic (exact) mass is 182 g/mol. The first kappa shape index (κ1) is 9.51. The number of aliphatic hydroxyl groups is 1. The first-order chi connectivity index (χ1) is 6.10. The van der Waals surface area contributed by atoms with Gasteiger partial charge in [0.05, 0.1) is 0 Å². The third-order valence-corrected chi connectivity index (χ3v) is 4.09. The Morgan fingerprint density at radius 3 is 2.15 bits per heavy atom. The lowest BCUT2D eigenvalue weighted by Gasteiger charge is -2.61. The lowest BCUT2D eigenvalue weighted by molar-refractivity contribution is -0.130. The van der Waals surface area contributed by atoms with Crippen molar-refractivity contribution in [3.8, 4) is 0 Å². The van der Waals surface area contributed by atoms with Crippen LogP contribution in [0.25, 0.3) is 0 Å². The minimum absolute atomic E-state index is 0.328.